The maximum absolute atomic E-state index is 13.2. The molecule has 0 amide bonds. The molecule has 1 unspecified atom stereocenters. The smallest absolute Gasteiger partial charge is 0.159 e. The van der Waals surface area contributed by atoms with E-state index in [2.05, 4.69) is 32.7 Å². The molecule has 0 aliphatic heterocycles. The zero-order valence-corrected chi connectivity index (χ0v) is 13.5. The Labute approximate surface area is 130 Å². The number of hydrogen-bond acceptors (Lipinski definition) is 2. The largest absolute Gasteiger partial charge is 0.314 e. The second kappa shape index (κ2) is 7.29. The highest BCUT2D eigenvalue weighted by Crippen LogP contribution is 2.22. The molecule has 1 nitrogen and oxygen atoms in total. The first-order chi connectivity index (χ1) is 9.58. The molecule has 0 spiro atoms. The molecular formula is C15H16BrF2NS. The molecule has 2 aromatic rings. The molecular weight excluding hydrogens is 344 g/mol. The average molecular weight is 360 g/mol. The van der Waals surface area contributed by atoms with Crippen molar-refractivity contribution in [2.45, 2.75) is 25.8 Å². The fraction of sp³-hybridized carbons (Fsp3) is 0.333. The summed E-state index contributed by atoms with van der Waals surface area (Å²) in [6.45, 7) is 2.89. The summed E-state index contributed by atoms with van der Waals surface area (Å²) in [5.41, 5.74) is 0.811. The molecule has 0 aliphatic rings. The van der Waals surface area contributed by atoms with Crippen molar-refractivity contribution in [2.75, 3.05) is 6.54 Å². The van der Waals surface area contributed by atoms with Crippen LogP contribution < -0.4 is 5.32 Å². The highest BCUT2D eigenvalue weighted by atomic mass is 79.9. The van der Waals surface area contributed by atoms with Crippen molar-refractivity contribution in [1.82, 2.24) is 5.32 Å². The lowest BCUT2D eigenvalue weighted by Crippen LogP contribution is -2.32. The third-order valence-electron chi connectivity index (χ3n) is 3.03. The van der Waals surface area contributed by atoms with Crippen LogP contribution in [0.15, 0.2) is 34.1 Å². The minimum atomic E-state index is -0.795. The van der Waals surface area contributed by atoms with E-state index < -0.39 is 11.6 Å². The van der Waals surface area contributed by atoms with Gasteiger partial charge in [-0.3, -0.25) is 0 Å². The Balaban J connectivity index is 2.06. The fourth-order valence-electron chi connectivity index (χ4n) is 2.16. The van der Waals surface area contributed by atoms with Gasteiger partial charge in [0.25, 0.3) is 0 Å². The summed E-state index contributed by atoms with van der Waals surface area (Å²) >= 11 is 5.14. The molecule has 0 radical (unpaired) electrons. The van der Waals surface area contributed by atoms with Gasteiger partial charge in [0.15, 0.2) is 11.6 Å². The molecule has 1 heterocycles. The third-order valence-corrected chi connectivity index (χ3v) is 4.75. The summed E-state index contributed by atoms with van der Waals surface area (Å²) in [6, 6.07) is 6.43. The van der Waals surface area contributed by atoms with Gasteiger partial charge in [0.05, 0.1) is 0 Å². The van der Waals surface area contributed by atoms with E-state index in [0.29, 0.717) is 6.42 Å². The van der Waals surface area contributed by atoms with E-state index in [1.165, 1.54) is 17.0 Å². The molecule has 5 heteroatoms. The summed E-state index contributed by atoms with van der Waals surface area (Å²) in [7, 11) is 0. The molecule has 1 aromatic carbocycles. The molecule has 2 rings (SSSR count). The predicted octanol–water partition coefficient (Wildman–Crippen LogP) is 4.55. The predicted molar refractivity (Wildman–Crippen MR) is 83.2 cm³/mol. The number of nitrogens with one attached hydrogen (secondary N) is 1. The Hall–Kier alpha value is -0.780. The Bertz CT molecular complexity index is 571. The number of rotatable bonds is 6. The van der Waals surface area contributed by atoms with Crippen LogP contribution in [-0.4, -0.2) is 12.6 Å². The van der Waals surface area contributed by atoms with E-state index in [1.807, 2.05) is 6.92 Å². The van der Waals surface area contributed by atoms with Crippen molar-refractivity contribution in [2.24, 2.45) is 0 Å². The standard InChI is InChI=1S/C15H16BrF2NS/c1-2-19-12(8-13-7-11(16)9-20-13)5-10-3-4-14(17)15(18)6-10/h3-4,6-7,9,12,19H,2,5,8H2,1H3. The van der Waals surface area contributed by atoms with Gasteiger partial charge in [-0.15, -0.1) is 11.3 Å². The van der Waals surface area contributed by atoms with E-state index in [0.717, 1.165) is 23.0 Å². The molecule has 20 heavy (non-hydrogen) atoms. The van der Waals surface area contributed by atoms with E-state index >= 15 is 0 Å². The third kappa shape index (κ3) is 4.36. The molecule has 0 fully saturated rings. The van der Waals surface area contributed by atoms with E-state index in [1.54, 1.807) is 17.4 Å². The summed E-state index contributed by atoms with van der Waals surface area (Å²) < 4.78 is 27.3. The van der Waals surface area contributed by atoms with Gasteiger partial charge in [0.2, 0.25) is 0 Å². The lowest BCUT2D eigenvalue weighted by Gasteiger charge is -2.17. The summed E-state index contributed by atoms with van der Waals surface area (Å²) in [5.74, 6) is -1.58. The summed E-state index contributed by atoms with van der Waals surface area (Å²) in [5, 5.41) is 5.45. The van der Waals surface area contributed by atoms with Gasteiger partial charge in [0.1, 0.15) is 0 Å². The molecule has 0 aliphatic carbocycles. The molecule has 108 valence electrons. The molecule has 1 N–H and O–H groups in total. The number of halogens is 3. The number of likely N-dealkylation sites (N-methyl/N-ethyl adjacent to an activating group) is 1. The zero-order valence-electron chi connectivity index (χ0n) is 11.1. The monoisotopic (exact) mass is 359 g/mol. The Kier molecular flexibility index (Phi) is 5.69. The van der Waals surface area contributed by atoms with Crippen LogP contribution >= 0.6 is 27.3 Å². The number of benzene rings is 1. The van der Waals surface area contributed by atoms with E-state index in [-0.39, 0.29) is 6.04 Å². The molecule has 1 atom stereocenters. The molecule has 0 bridgehead atoms. The number of hydrogen-bond donors (Lipinski definition) is 1. The topological polar surface area (TPSA) is 12.0 Å². The average Bonchev–Trinajstić information content (AvgIpc) is 2.80. The second-order valence-electron chi connectivity index (χ2n) is 4.64. The lowest BCUT2D eigenvalue weighted by atomic mass is 10.0. The first kappa shape index (κ1) is 15.6. The van der Waals surface area contributed by atoms with Gasteiger partial charge in [-0.1, -0.05) is 13.0 Å². The Morgan fingerprint density at radius 2 is 2.00 bits per heavy atom. The summed E-state index contributed by atoms with van der Waals surface area (Å²) in [6.07, 6.45) is 1.56. The van der Waals surface area contributed by atoms with E-state index in [4.69, 9.17) is 0 Å². The minimum absolute atomic E-state index is 0.218. The number of thiophene rings is 1. The Morgan fingerprint density at radius 3 is 2.60 bits per heavy atom. The van der Waals surface area contributed by atoms with Crippen LogP contribution in [0.2, 0.25) is 0 Å². The van der Waals surface area contributed by atoms with Gasteiger partial charge in [-0.05, 0) is 59.1 Å². The van der Waals surface area contributed by atoms with Crippen molar-refractivity contribution in [3.8, 4) is 0 Å². The van der Waals surface area contributed by atoms with Crippen LogP contribution in [0.5, 0.6) is 0 Å². The van der Waals surface area contributed by atoms with Crippen molar-refractivity contribution in [1.29, 1.82) is 0 Å². The van der Waals surface area contributed by atoms with Crippen LogP contribution in [0.4, 0.5) is 8.78 Å². The molecule has 0 saturated carbocycles. The first-order valence-corrected chi connectivity index (χ1v) is 8.16. The first-order valence-electron chi connectivity index (χ1n) is 6.48. The van der Waals surface area contributed by atoms with Crippen LogP contribution in [0.1, 0.15) is 17.4 Å². The summed E-state index contributed by atoms with van der Waals surface area (Å²) in [4.78, 5) is 1.27. The fourth-order valence-corrected chi connectivity index (χ4v) is 3.69. The lowest BCUT2D eigenvalue weighted by molar-refractivity contribution is 0.498. The second-order valence-corrected chi connectivity index (χ2v) is 6.55. The SMILES string of the molecule is CCNC(Cc1ccc(F)c(F)c1)Cc1cc(Br)cs1. The highest BCUT2D eigenvalue weighted by molar-refractivity contribution is 9.10. The van der Waals surface area contributed by atoms with Crippen LogP contribution in [-0.2, 0) is 12.8 Å². The quantitative estimate of drug-likeness (QED) is 0.797. The maximum Gasteiger partial charge on any atom is 0.159 e. The van der Waals surface area contributed by atoms with Gasteiger partial charge in [-0.2, -0.15) is 0 Å². The van der Waals surface area contributed by atoms with Gasteiger partial charge in [-0.25, -0.2) is 8.78 Å². The highest BCUT2D eigenvalue weighted by Gasteiger charge is 2.12. The van der Waals surface area contributed by atoms with Gasteiger partial charge in [0, 0.05) is 20.8 Å². The van der Waals surface area contributed by atoms with Crippen molar-refractivity contribution in [3.63, 3.8) is 0 Å². The normalized spacial score (nSPS) is 12.6. The van der Waals surface area contributed by atoms with Crippen molar-refractivity contribution < 1.29 is 8.78 Å². The van der Waals surface area contributed by atoms with Crippen LogP contribution in [0, 0.1) is 11.6 Å². The van der Waals surface area contributed by atoms with Crippen LogP contribution in [0.3, 0.4) is 0 Å². The maximum atomic E-state index is 13.2. The molecule has 0 saturated heterocycles. The van der Waals surface area contributed by atoms with Crippen LogP contribution in [0.25, 0.3) is 0 Å². The minimum Gasteiger partial charge on any atom is -0.314 e. The van der Waals surface area contributed by atoms with E-state index in [9.17, 15) is 8.78 Å². The zero-order chi connectivity index (χ0) is 14.5. The molecule has 1 aromatic heterocycles. The van der Waals surface area contributed by atoms with Crippen molar-refractivity contribution in [3.05, 3.63) is 56.2 Å². The van der Waals surface area contributed by atoms with Gasteiger partial charge < -0.3 is 5.32 Å². The Morgan fingerprint density at radius 1 is 1.20 bits per heavy atom. The van der Waals surface area contributed by atoms with Crippen molar-refractivity contribution >= 4 is 27.3 Å². The van der Waals surface area contributed by atoms with Gasteiger partial charge >= 0.3 is 0 Å².